The van der Waals surface area contributed by atoms with Crippen LogP contribution in [0.5, 0.6) is 0 Å². The molecule has 0 unspecified atom stereocenters. The van der Waals surface area contributed by atoms with Crippen LogP contribution in [0.3, 0.4) is 0 Å². The molecule has 1 aliphatic rings. The lowest BCUT2D eigenvalue weighted by Crippen LogP contribution is -2.38. The second-order valence-corrected chi connectivity index (χ2v) is 5.53. The van der Waals surface area contributed by atoms with Gasteiger partial charge in [-0.3, -0.25) is 9.89 Å². The molecule has 6 heteroatoms. The molecule has 2 rings (SSSR count). The van der Waals surface area contributed by atoms with Crippen LogP contribution in [0.2, 0.25) is 0 Å². The number of hydrogen-bond acceptors (Lipinski definition) is 4. The molecule has 0 radical (unpaired) electrons. The summed E-state index contributed by atoms with van der Waals surface area (Å²) in [6.07, 6.45) is 2.63. The molecule has 0 aliphatic carbocycles. The lowest BCUT2D eigenvalue weighted by molar-refractivity contribution is -0.130. The maximum Gasteiger partial charge on any atom is 0.230 e. The third-order valence-electron chi connectivity index (χ3n) is 3.75. The van der Waals surface area contributed by atoms with Gasteiger partial charge < -0.3 is 9.80 Å². The number of aromatic amines is 1. The van der Waals surface area contributed by atoms with Gasteiger partial charge in [-0.05, 0) is 45.8 Å². The molecule has 6 nitrogen and oxygen atoms in total. The Morgan fingerprint density at radius 2 is 2.16 bits per heavy atom. The van der Waals surface area contributed by atoms with Crippen molar-refractivity contribution in [2.24, 2.45) is 5.92 Å². The van der Waals surface area contributed by atoms with Crippen molar-refractivity contribution < 1.29 is 4.79 Å². The monoisotopic (exact) mass is 265 g/mol. The topological polar surface area (TPSA) is 65.1 Å². The summed E-state index contributed by atoms with van der Waals surface area (Å²) >= 11 is 0. The minimum atomic E-state index is 0.0953. The van der Waals surface area contributed by atoms with E-state index in [0.717, 1.165) is 25.5 Å². The second-order valence-electron chi connectivity index (χ2n) is 5.53. The number of nitrogens with one attached hydrogen (secondary N) is 1. The van der Waals surface area contributed by atoms with Crippen LogP contribution >= 0.6 is 0 Å². The van der Waals surface area contributed by atoms with Gasteiger partial charge >= 0.3 is 0 Å². The summed E-state index contributed by atoms with van der Waals surface area (Å²) in [5, 5.41) is 6.77. The van der Waals surface area contributed by atoms with Crippen molar-refractivity contribution in [1.29, 1.82) is 0 Å². The highest BCUT2D eigenvalue weighted by Crippen LogP contribution is 2.17. The highest BCUT2D eigenvalue weighted by atomic mass is 16.2. The summed E-state index contributed by atoms with van der Waals surface area (Å²) < 4.78 is 0. The summed E-state index contributed by atoms with van der Waals surface area (Å²) in [6.45, 7) is 4.94. The SMILES string of the molecule is Cc1nc(CC(=O)N(C)CC2CCN(C)CC2)n[nH]1. The van der Waals surface area contributed by atoms with Crippen molar-refractivity contribution in [2.75, 3.05) is 33.7 Å². The highest BCUT2D eigenvalue weighted by molar-refractivity contribution is 5.77. The Balaban J connectivity index is 1.79. The highest BCUT2D eigenvalue weighted by Gasteiger charge is 2.21. The summed E-state index contributed by atoms with van der Waals surface area (Å²) in [5.74, 6) is 2.05. The molecule has 1 N–H and O–H groups in total. The molecule has 1 fully saturated rings. The minimum absolute atomic E-state index is 0.0953. The van der Waals surface area contributed by atoms with Crippen molar-refractivity contribution in [3.05, 3.63) is 11.6 Å². The van der Waals surface area contributed by atoms with E-state index < -0.39 is 0 Å². The Kier molecular flexibility index (Phi) is 4.52. The molecule has 0 saturated carbocycles. The first-order valence-electron chi connectivity index (χ1n) is 6.85. The van der Waals surface area contributed by atoms with Gasteiger partial charge in [0.15, 0.2) is 5.82 Å². The largest absolute Gasteiger partial charge is 0.345 e. The van der Waals surface area contributed by atoms with Gasteiger partial charge in [0.2, 0.25) is 5.91 Å². The number of H-pyrrole nitrogens is 1. The molecule has 0 bridgehead atoms. The first-order chi connectivity index (χ1) is 9.04. The second kappa shape index (κ2) is 6.14. The predicted molar refractivity (Wildman–Crippen MR) is 72.7 cm³/mol. The lowest BCUT2D eigenvalue weighted by Gasteiger charge is -2.31. The van der Waals surface area contributed by atoms with Crippen LogP contribution in [0, 0.1) is 12.8 Å². The number of amides is 1. The van der Waals surface area contributed by atoms with Crippen molar-refractivity contribution in [3.8, 4) is 0 Å². The number of aryl methyl sites for hydroxylation is 1. The van der Waals surface area contributed by atoms with E-state index in [1.54, 1.807) is 0 Å². The fourth-order valence-electron chi connectivity index (χ4n) is 2.47. The molecule has 2 heterocycles. The van der Waals surface area contributed by atoms with E-state index in [2.05, 4.69) is 27.1 Å². The van der Waals surface area contributed by atoms with Crippen LogP contribution in [-0.2, 0) is 11.2 Å². The summed E-state index contributed by atoms with van der Waals surface area (Å²) in [5.41, 5.74) is 0. The molecule has 1 aliphatic heterocycles. The van der Waals surface area contributed by atoms with Crippen LogP contribution in [0.15, 0.2) is 0 Å². The van der Waals surface area contributed by atoms with Gasteiger partial charge in [0.1, 0.15) is 5.82 Å². The molecule has 0 spiro atoms. The Morgan fingerprint density at radius 3 is 2.74 bits per heavy atom. The van der Waals surface area contributed by atoms with Crippen molar-refractivity contribution in [2.45, 2.75) is 26.2 Å². The number of likely N-dealkylation sites (tertiary alicyclic amines) is 1. The quantitative estimate of drug-likeness (QED) is 0.859. The summed E-state index contributed by atoms with van der Waals surface area (Å²) in [7, 11) is 4.02. The summed E-state index contributed by atoms with van der Waals surface area (Å²) in [4.78, 5) is 20.4. The fraction of sp³-hybridized carbons (Fsp3) is 0.769. The van der Waals surface area contributed by atoms with Gasteiger partial charge in [-0.25, -0.2) is 4.98 Å². The van der Waals surface area contributed by atoms with Gasteiger partial charge in [-0.2, -0.15) is 5.10 Å². The molecule has 19 heavy (non-hydrogen) atoms. The van der Waals surface area contributed by atoms with Gasteiger partial charge in [0, 0.05) is 13.6 Å². The van der Waals surface area contributed by atoms with E-state index >= 15 is 0 Å². The van der Waals surface area contributed by atoms with E-state index in [1.807, 2.05) is 18.9 Å². The van der Waals surface area contributed by atoms with Crippen molar-refractivity contribution in [1.82, 2.24) is 25.0 Å². The average Bonchev–Trinajstić information content (AvgIpc) is 2.77. The first-order valence-corrected chi connectivity index (χ1v) is 6.85. The normalized spacial score (nSPS) is 17.6. The molecular weight excluding hydrogens is 242 g/mol. The van der Waals surface area contributed by atoms with Gasteiger partial charge in [-0.1, -0.05) is 0 Å². The number of piperidine rings is 1. The number of carbonyl (C=O) groups excluding carboxylic acids is 1. The van der Waals surface area contributed by atoms with Crippen molar-refractivity contribution in [3.63, 3.8) is 0 Å². The first kappa shape index (κ1) is 14.0. The van der Waals surface area contributed by atoms with Crippen LogP contribution < -0.4 is 0 Å². The molecule has 1 amide bonds. The zero-order valence-corrected chi connectivity index (χ0v) is 12.0. The smallest absolute Gasteiger partial charge is 0.230 e. The number of hydrogen-bond donors (Lipinski definition) is 1. The summed E-state index contributed by atoms with van der Waals surface area (Å²) in [6, 6.07) is 0. The molecule has 1 aromatic heterocycles. The number of likely N-dealkylation sites (N-methyl/N-ethyl adjacent to an activating group) is 1. The Labute approximate surface area is 114 Å². The number of nitrogens with zero attached hydrogens (tertiary/aromatic N) is 4. The molecule has 106 valence electrons. The van der Waals surface area contributed by atoms with E-state index in [-0.39, 0.29) is 12.3 Å². The Bertz CT molecular complexity index is 422. The van der Waals surface area contributed by atoms with Crippen LogP contribution in [0.1, 0.15) is 24.5 Å². The average molecular weight is 265 g/mol. The van der Waals surface area contributed by atoms with Crippen molar-refractivity contribution >= 4 is 5.91 Å². The molecule has 0 atom stereocenters. The standard InChI is InChI=1S/C13H23N5O/c1-10-14-12(16-15-10)8-13(19)18(3)9-11-4-6-17(2)7-5-11/h11H,4-9H2,1-3H3,(H,14,15,16). The molecular formula is C13H23N5O. The van der Waals surface area contributed by atoms with Gasteiger partial charge in [-0.15, -0.1) is 0 Å². The number of carbonyl (C=O) groups is 1. The van der Waals surface area contributed by atoms with E-state index in [4.69, 9.17) is 0 Å². The zero-order valence-electron chi connectivity index (χ0n) is 12.0. The third-order valence-corrected chi connectivity index (χ3v) is 3.75. The minimum Gasteiger partial charge on any atom is -0.345 e. The number of rotatable bonds is 4. The van der Waals surface area contributed by atoms with E-state index in [1.165, 1.54) is 12.8 Å². The van der Waals surface area contributed by atoms with Crippen LogP contribution in [0.25, 0.3) is 0 Å². The van der Waals surface area contributed by atoms with Crippen LogP contribution in [-0.4, -0.2) is 64.6 Å². The Hall–Kier alpha value is -1.43. The van der Waals surface area contributed by atoms with Gasteiger partial charge in [0.05, 0.1) is 6.42 Å². The van der Waals surface area contributed by atoms with Crippen LogP contribution in [0.4, 0.5) is 0 Å². The number of aromatic nitrogens is 3. The predicted octanol–water partition coefficient (Wildman–Crippen LogP) is 0.456. The maximum absolute atomic E-state index is 12.1. The molecule has 1 aromatic rings. The van der Waals surface area contributed by atoms with E-state index in [9.17, 15) is 4.79 Å². The molecule has 1 saturated heterocycles. The third kappa shape index (κ3) is 4.02. The fourth-order valence-corrected chi connectivity index (χ4v) is 2.47. The zero-order chi connectivity index (χ0) is 13.8. The lowest BCUT2D eigenvalue weighted by atomic mass is 9.96. The molecule has 0 aromatic carbocycles. The van der Waals surface area contributed by atoms with Gasteiger partial charge in [0.25, 0.3) is 0 Å². The maximum atomic E-state index is 12.1. The van der Waals surface area contributed by atoms with E-state index in [0.29, 0.717) is 11.7 Å². The Morgan fingerprint density at radius 1 is 1.47 bits per heavy atom.